The Kier molecular flexibility index (Phi) is 7.10. The Morgan fingerprint density at radius 2 is 1.55 bits per heavy atom. The minimum atomic E-state index is -0.666. The summed E-state index contributed by atoms with van der Waals surface area (Å²) in [5.74, 6) is 0.728. The average Bonchev–Trinajstić information content (AvgIpc) is 3.57. The van der Waals surface area contributed by atoms with Crippen LogP contribution in [0.4, 0.5) is 4.79 Å². The number of rotatable bonds is 9. The third-order valence-corrected chi connectivity index (χ3v) is 6.78. The zero-order valence-corrected chi connectivity index (χ0v) is 20.5. The van der Waals surface area contributed by atoms with Crippen LogP contribution < -0.4 is 0 Å². The van der Waals surface area contributed by atoms with Crippen LogP contribution in [-0.4, -0.2) is 46.4 Å². The average molecular weight is 451 g/mol. The van der Waals surface area contributed by atoms with Crippen LogP contribution >= 0.6 is 0 Å². The molecule has 0 N–H and O–H groups in total. The second-order valence-electron chi connectivity index (χ2n) is 10.7. The van der Waals surface area contributed by atoms with Gasteiger partial charge in [0.1, 0.15) is 12.3 Å². The highest BCUT2D eigenvalue weighted by atomic mass is 16.6. The van der Waals surface area contributed by atoms with Gasteiger partial charge in [0, 0.05) is 19.1 Å². The van der Waals surface area contributed by atoms with Crippen LogP contribution in [0.3, 0.4) is 0 Å². The molecule has 0 radical (unpaired) electrons. The van der Waals surface area contributed by atoms with E-state index >= 15 is 0 Å². The predicted molar refractivity (Wildman–Crippen MR) is 131 cm³/mol. The first kappa shape index (κ1) is 23.8. The van der Waals surface area contributed by atoms with E-state index in [0.717, 1.165) is 25.4 Å². The Balaban J connectivity index is 1.51. The summed E-state index contributed by atoms with van der Waals surface area (Å²) in [6.45, 7) is 10.5. The van der Waals surface area contributed by atoms with Crippen molar-refractivity contribution in [3.05, 3.63) is 71.8 Å². The van der Waals surface area contributed by atoms with Crippen molar-refractivity contribution in [2.75, 3.05) is 13.2 Å². The number of carbonyl (C=O) groups is 1. The number of hydrogen-bond acceptors (Lipinski definition) is 4. The van der Waals surface area contributed by atoms with Crippen LogP contribution in [0.2, 0.25) is 0 Å². The number of ether oxygens (including phenoxy) is 2. The van der Waals surface area contributed by atoms with Crippen LogP contribution in [0.15, 0.2) is 60.7 Å². The van der Waals surface area contributed by atoms with Gasteiger partial charge in [-0.3, -0.25) is 9.80 Å². The molecule has 1 amide bonds. The first-order valence-corrected chi connectivity index (χ1v) is 12.2. The molecule has 178 valence electrons. The molecule has 2 aromatic rings. The SMILES string of the molecule is CC1(C)COC(C)(C)N1C(=O)OC[C@@H](CC1CC1)N(Cc1ccccc1)Cc1ccccc1. The summed E-state index contributed by atoms with van der Waals surface area (Å²) in [7, 11) is 0. The lowest BCUT2D eigenvalue weighted by Crippen LogP contribution is -2.53. The van der Waals surface area contributed by atoms with Gasteiger partial charge < -0.3 is 9.47 Å². The largest absolute Gasteiger partial charge is 0.448 e. The first-order valence-electron chi connectivity index (χ1n) is 12.2. The second kappa shape index (κ2) is 9.86. The Morgan fingerprint density at radius 3 is 2.00 bits per heavy atom. The molecular weight excluding hydrogens is 412 g/mol. The molecule has 1 saturated carbocycles. The molecule has 4 rings (SSSR count). The molecule has 33 heavy (non-hydrogen) atoms. The van der Waals surface area contributed by atoms with E-state index in [-0.39, 0.29) is 17.7 Å². The molecule has 1 aliphatic heterocycles. The highest BCUT2D eigenvalue weighted by molar-refractivity contribution is 5.70. The van der Waals surface area contributed by atoms with Crippen LogP contribution in [0.1, 0.15) is 58.1 Å². The van der Waals surface area contributed by atoms with E-state index in [0.29, 0.717) is 13.2 Å². The summed E-state index contributed by atoms with van der Waals surface area (Å²) in [4.78, 5) is 17.5. The summed E-state index contributed by atoms with van der Waals surface area (Å²) in [6, 6.07) is 21.3. The molecule has 0 spiro atoms. The molecule has 1 aliphatic carbocycles. The van der Waals surface area contributed by atoms with Crippen LogP contribution in [0.5, 0.6) is 0 Å². The van der Waals surface area contributed by atoms with Crippen molar-refractivity contribution in [2.45, 2.75) is 77.4 Å². The first-order chi connectivity index (χ1) is 15.7. The molecule has 0 bridgehead atoms. The zero-order chi connectivity index (χ0) is 23.5. The summed E-state index contributed by atoms with van der Waals surface area (Å²) >= 11 is 0. The van der Waals surface area contributed by atoms with Crippen LogP contribution in [-0.2, 0) is 22.6 Å². The molecule has 2 aromatic carbocycles. The topological polar surface area (TPSA) is 42.0 Å². The van der Waals surface area contributed by atoms with Gasteiger partial charge in [-0.1, -0.05) is 73.5 Å². The quantitative estimate of drug-likeness (QED) is 0.481. The number of nitrogens with zero attached hydrogens (tertiary/aromatic N) is 2. The molecule has 5 nitrogen and oxygen atoms in total. The van der Waals surface area contributed by atoms with Crippen molar-refractivity contribution in [2.24, 2.45) is 5.92 Å². The molecule has 2 aliphatic rings. The van der Waals surface area contributed by atoms with E-state index in [1.54, 1.807) is 4.90 Å². The maximum atomic E-state index is 13.2. The standard InChI is InChI=1S/C28H38N2O3/c1-27(2)21-33-28(3,4)30(27)26(31)32-20-25(17-22-15-16-22)29(18-23-11-7-5-8-12-23)19-24-13-9-6-10-14-24/h5-14,22,25H,15-21H2,1-4H3/t25-/m1/s1. The monoisotopic (exact) mass is 450 g/mol. The molecule has 1 saturated heterocycles. The van der Waals surface area contributed by atoms with Gasteiger partial charge in [0.15, 0.2) is 0 Å². The Labute approximate surface area is 198 Å². The summed E-state index contributed by atoms with van der Waals surface area (Å²) in [6.07, 6.45) is 3.31. The molecule has 1 heterocycles. The van der Waals surface area contributed by atoms with Gasteiger partial charge in [-0.2, -0.15) is 0 Å². The number of amides is 1. The van der Waals surface area contributed by atoms with Crippen molar-refractivity contribution in [1.29, 1.82) is 0 Å². The summed E-state index contributed by atoms with van der Waals surface area (Å²) in [5.41, 5.74) is 1.49. The van der Waals surface area contributed by atoms with E-state index in [1.165, 1.54) is 24.0 Å². The Bertz CT molecular complexity index is 852. The minimum Gasteiger partial charge on any atom is -0.448 e. The van der Waals surface area contributed by atoms with E-state index in [2.05, 4.69) is 65.6 Å². The van der Waals surface area contributed by atoms with Crippen molar-refractivity contribution in [1.82, 2.24) is 9.80 Å². The van der Waals surface area contributed by atoms with Crippen molar-refractivity contribution >= 4 is 6.09 Å². The van der Waals surface area contributed by atoms with Crippen molar-refractivity contribution in [3.63, 3.8) is 0 Å². The Morgan fingerprint density at radius 1 is 1.00 bits per heavy atom. The smallest absolute Gasteiger partial charge is 0.412 e. The number of benzene rings is 2. The van der Waals surface area contributed by atoms with E-state index in [4.69, 9.17) is 9.47 Å². The number of hydrogen-bond donors (Lipinski definition) is 0. The van der Waals surface area contributed by atoms with Gasteiger partial charge in [-0.05, 0) is 51.2 Å². The fourth-order valence-electron chi connectivity index (χ4n) is 4.92. The van der Waals surface area contributed by atoms with Gasteiger partial charge in [-0.25, -0.2) is 4.79 Å². The summed E-state index contributed by atoms with van der Waals surface area (Å²) in [5, 5.41) is 0. The van der Waals surface area contributed by atoms with E-state index in [1.807, 2.05) is 27.7 Å². The van der Waals surface area contributed by atoms with E-state index < -0.39 is 5.72 Å². The van der Waals surface area contributed by atoms with Crippen LogP contribution in [0.25, 0.3) is 0 Å². The third kappa shape index (κ3) is 6.15. The normalized spacial score (nSPS) is 20.1. The molecule has 0 aromatic heterocycles. The zero-order valence-electron chi connectivity index (χ0n) is 20.5. The highest BCUT2D eigenvalue weighted by Gasteiger charge is 2.49. The fourth-order valence-corrected chi connectivity index (χ4v) is 4.92. The molecule has 0 unspecified atom stereocenters. The van der Waals surface area contributed by atoms with Gasteiger partial charge in [0.2, 0.25) is 0 Å². The highest BCUT2D eigenvalue weighted by Crippen LogP contribution is 2.37. The van der Waals surface area contributed by atoms with E-state index in [9.17, 15) is 4.79 Å². The predicted octanol–water partition coefficient (Wildman–Crippen LogP) is 5.84. The molecule has 2 fully saturated rings. The lowest BCUT2D eigenvalue weighted by Gasteiger charge is -2.38. The molecule has 5 heteroatoms. The maximum Gasteiger partial charge on any atom is 0.412 e. The maximum absolute atomic E-state index is 13.2. The minimum absolute atomic E-state index is 0.164. The molecular formula is C28H38N2O3. The molecule has 1 atom stereocenters. The third-order valence-electron chi connectivity index (χ3n) is 6.78. The second-order valence-corrected chi connectivity index (χ2v) is 10.7. The lowest BCUT2D eigenvalue weighted by molar-refractivity contribution is -0.0555. The van der Waals surface area contributed by atoms with Gasteiger partial charge in [-0.15, -0.1) is 0 Å². The summed E-state index contributed by atoms with van der Waals surface area (Å²) < 4.78 is 11.9. The van der Waals surface area contributed by atoms with Crippen molar-refractivity contribution in [3.8, 4) is 0 Å². The number of carbonyl (C=O) groups excluding carboxylic acids is 1. The van der Waals surface area contributed by atoms with Gasteiger partial charge in [0.05, 0.1) is 12.1 Å². The fraction of sp³-hybridized carbons (Fsp3) is 0.536. The lowest BCUT2D eigenvalue weighted by atomic mass is 10.0. The van der Waals surface area contributed by atoms with Crippen LogP contribution in [0, 0.1) is 5.92 Å². The van der Waals surface area contributed by atoms with Gasteiger partial charge in [0.25, 0.3) is 0 Å². The van der Waals surface area contributed by atoms with Gasteiger partial charge >= 0.3 is 6.09 Å². The Hall–Kier alpha value is -2.37. The van der Waals surface area contributed by atoms with Crippen molar-refractivity contribution < 1.29 is 14.3 Å².